The summed E-state index contributed by atoms with van der Waals surface area (Å²) in [6, 6.07) is 23.6. The molecular weight excluding hydrogens is 466 g/mol. The van der Waals surface area contributed by atoms with E-state index < -0.39 is 0 Å². The summed E-state index contributed by atoms with van der Waals surface area (Å²) in [5, 5.41) is 0. The minimum atomic E-state index is 0. The summed E-state index contributed by atoms with van der Waals surface area (Å²) in [4.78, 5) is 15.0. The normalized spacial score (nSPS) is 11.3. The molecule has 0 bridgehead atoms. The number of nitrogens with zero attached hydrogens (tertiary/aromatic N) is 5. The van der Waals surface area contributed by atoms with E-state index in [4.69, 9.17) is 15.0 Å². The molecule has 38 heavy (non-hydrogen) atoms. The van der Waals surface area contributed by atoms with Crippen LogP contribution < -0.4 is 0 Å². The number of hydrogen-bond acceptors (Lipinski definition) is 3. The first-order chi connectivity index (χ1) is 18.3. The van der Waals surface area contributed by atoms with E-state index in [1.165, 1.54) is 33.9 Å². The quantitative estimate of drug-likeness (QED) is 0.226. The summed E-state index contributed by atoms with van der Waals surface area (Å²) in [6.45, 7) is 12.8. The summed E-state index contributed by atoms with van der Waals surface area (Å²) in [5.74, 6) is 1.99. The Balaban J connectivity index is 0.00000353. The molecule has 0 aliphatic heterocycles. The lowest BCUT2D eigenvalue weighted by Crippen LogP contribution is -2.07. The summed E-state index contributed by atoms with van der Waals surface area (Å²) in [5.41, 5.74) is 11.7. The van der Waals surface area contributed by atoms with Gasteiger partial charge in [0.25, 0.3) is 0 Å². The van der Waals surface area contributed by atoms with Crippen LogP contribution in [0.3, 0.4) is 0 Å². The molecular formula is C33H39N5. The van der Waals surface area contributed by atoms with Crippen molar-refractivity contribution in [3.63, 3.8) is 0 Å². The third-order valence-corrected chi connectivity index (χ3v) is 7.16. The van der Waals surface area contributed by atoms with E-state index in [0.29, 0.717) is 0 Å². The Kier molecular flexibility index (Phi) is 7.28. The van der Waals surface area contributed by atoms with Gasteiger partial charge in [0.05, 0.1) is 0 Å². The minimum absolute atomic E-state index is 0. The standard InChI is InChI=1S/C33H37N5.H2/c1-22-18-30(35-32(20-22)37-24(3)10-11-25(37)4)16-14-28-8-7-9-29(34-28)15-17-31-19-23(2)21-33(36-31)38-26(5)12-13-27(38)6;/h7-13,18-21H,14-17H2,1-6H3;1H. The van der Waals surface area contributed by atoms with Gasteiger partial charge in [-0.25, -0.2) is 9.97 Å². The van der Waals surface area contributed by atoms with E-state index in [9.17, 15) is 0 Å². The fraction of sp³-hybridized carbons (Fsp3) is 0.303. The smallest absolute Gasteiger partial charge is 0.137 e. The van der Waals surface area contributed by atoms with Gasteiger partial charge in [-0.15, -0.1) is 0 Å². The van der Waals surface area contributed by atoms with Crippen molar-refractivity contribution >= 4 is 0 Å². The molecule has 0 N–H and O–H groups in total. The monoisotopic (exact) mass is 505 g/mol. The summed E-state index contributed by atoms with van der Waals surface area (Å²) >= 11 is 0. The highest BCUT2D eigenvalue weighted by Gasteiger charge is 2.10. The van der Waals surface area contributed by atoms with Crippen molar-refractivity contribution in [2.24, 2.45) is 0 Å². The second kappa shape index (κ2) is 10.8. The van der Waals surface area contributed by atoms with E-state index >= 15 is 0 Å². The Morgan fingerprint density at radius 2 is 0.842 bits per heavy atom. The number of rotatable bonds is 8. The van der Waals surface area contributed by atoms with Crippen LogP contribution in [0.5, 0.6) is 0 Å². The van der Waals surface area contributed by atoms with Crippen molar-refractivity contribution in [1.82, 2.24) is 24.1 Å². The van der Waals surface area contributed by atoms with Crippen LogP contribution >= 0.6 is 0 Å². The molecule has 0 amide bonds. The maximum Gasteiger partial charge on any atom is 0.137 e. The van der Waals surface area contributed by atoms with E-state index in [2.05, 4.69) is 117 Å². The fourth-order valence-corrected chi connectivity index (χ4v) is 5.30. The Morgan fingerprint density at radius 1 is 0.474 bits per heavy atom. The maximum absolute atomic E-state index is 4.99. The van der Waals surface area contributed by atoms with Crippen molar-refractivity contribution < 1.29 is 1.43 Å². The van der Waals surface area contributed by atoms with Crippen molar-refractivity contribution in [3.05, 3.63) is 123 Å². The van der Waals surface area contributed by atoms with E-state index in [-0.39, 0.29) is 1.43 Å². The van der Waals surface area contributed by atoms with Crippen molar-refractivity contribution in [1.29, 1.82) is 0 Å². The van der Waals surface area contributed by atoms with E-state index in [1.54, 1.807) is 0 Å². The molecule has 5 heterocycles. The summed E-state index contributed by atoms with van der Waals surface area (Å²) < 4.78 is 4.44. The highest BCUT2D eigenvalue weighted by molar-refractivity contribution is 5.37. The molecule has 5 heteroatoms. The number of hydrogen-bond donors (Lipinski definition) is 0. The van der Waals surface area contributed by atoms with Gasteiger partial charge in [0.15, 0.2) is 0 Å². The Labute approximate surface area is 227 Å². The van der Waals surface area contributed by atoms with Crippen molar-refractivity contribution in [2.45, 2.75) is 67.2 Å². The molecule has 5 rings (SSSR count). The van der Waals surface area contributed by atoms with Crippen LogP contribution in [0.4, 0.5) is 0 Å². The van der Waals surface area contributed by atoms with Gasteiger partial charge in [-0.05, 0) is 139 Å². The highest BCUT2D eigenvalue weighted by atomic mass is 15.1. The van der Waals surface area contributed by atoms with Gasteiger partial charge in [-0.3, -0.25) is 4.98 Å². The van der Waals surface area contributed by atoms with Gasteiger partial charge in [0.2, 0.25) is 0 Å². The molecule has 0 unspecified atom stereocenters. The first-order valence-electron chi connectivity index (χ1n) is 13.5. The molecule has 5 nitrogen and oxygen atoms in total. The second-order valence-corrected chi connectivity index (χ2v) is 10.5. The molecule has 0 radical (unpaired) electrons. The first-order valence-corrected chi connectivity index (χ1v) is 13.5. The molecule has 0 spiro atoms. The highest BCUT2D eigenvalue weighted by Crippen LogP contribution is 2.19. The lowest BCUT2D eigenvalue weighted by atomic mass is 10.1. The number of aryl methyl sites for hydroxylation is 10. The zero-order valence-corrected chi connectivity index (χ0v) is 23.4. The predicted octanol–water partition coefficient (Wildman–Crippen LogP) is 7.12. The largest absolute Gasteiger partial charge is 0.303 e. The summed E-state index contributed by atoms with van der Waals surface area (Å²) in [7, 11) is 0. The zero-order valence-electron chi connectivity index (χ0n) is 23.4. The van der Waals surface area contributed by atoms with Crippen LogP contribution in [-0.4, -0.2) is 24.1 Å². The minimum Gasteiger partial charge on any atom is -0.303 e. The Bertz CT molecular complexity index is 1440. The van der Waals surface area contributed by atoms with Crippen LogP contribution in [0, 0.1) is 41.5 Å². The van der Waals surface area contributed by atoms with Gasteiger partial charge in [-0.2, -0.15) is 0 Å². The Hall–Kier alpha value is -3.99. The first kappa shape index (κ1) is 25.7. The average Bonchev–Trinajstić information content (AvgIpc) is 3.40. The molecule has 0 atom stereocenters. The van der Waals surface area contributed by atoms with Crippen LogP contribution in [0.1, 0.15) is 58.1 Å². The average molecular weight is 506 g/mol. The van der Waals surface area contributed by atoms with Gasteiger partial charge in [0, 0.05) is 47.0 Å². The Morgan fingerprint density at radius 3 is 1.24 bits per heavy atom. The molecule has 0 aliphatic carbocycles. The zero-order chi connectivity index (χ0) is 26.8. The molecule has 196 valence electrons. The van der Waals surface area contributed by atoms with Crippen LogP contribution in [0.15, 0.2) is 66.7 Å². The predicted molar refractivity (Wildman–Crippen MR) is 157 cm³/mol. The number of pyridine rings is 3. The van der Waals surface area contributed by atoms with Crippen LogP contribution in [-0.2, 0) is 25.7 Å². The summed E-state index contributed by atoms with van der Waals surface area (Å²) in [6.07, 6.45) is 3.46. The SMILES string of the molecule is Cc1cc(CCc2cccc(CCc3cc(C)cc(-n4c(C)ccc4C)n3)n2)nc(-n2c(C)ccc2C)c1.[HH]. The molecule has 0 saturated carbocycles. The van der Waals surface area contributed by atoms with Gasteiger partial charge < -0.3 is 9.13 Å². The second-order valence-electron chi connectivity index (χ2n) is 10.5. The maximum atomic E-state index is 4.99. The fourth-order valence-electron chi connectivity index (χ4n) is 5.30. The molecule has 0 saturated heterocycles. The third-order valence-electron chi connectivity index (χ3n) is 7.16. The number of aromatic nitrogens is 5. The molecule has 5 aromatic rings. The third kappa shape index (κ3) is 5.62. The van der Waals surface area contributed by atoms with E-state index in [0.717, 1.165) is 60.1 Å². The van der Waals surface area contributed by atoms with Crippen LogP contribution in [0.2, 0.25) is 0 Å². The molecule has 5 aromatic heterocycles. The van der Waals surface area contributed by atoms with Gasteiger partial charge >= 0.3 is 0 Å². The van der Waals surface area contributed by atoms with Gasteiger partial charge in [-0.1, -0.05) is 6.07 Å². The van der Waals surface area contributed by atoms with Crippen molar-refractivity contribution in [2.75, 3.05) is 0 Å². The molecule has 0 aliphatic rings. The van der Waals surface area contributed by atoms with Crippen molar-refractivity contribution in [3.8, 4) is 11.6 Å². The molecule has 0 fully saturated rings. The lowest BCUT2D eigenvalue weighted by molar-refractivity contribution is 0.815. The van der Waals surface area contributed by atoms with Crippen LogP contribution in [0.25, 0.3) is 11.6 Å². The van der Waals surface area contributed by atoms with Gasteiger partial charge in [0.1, 0.15) is 11.6 Å². The topological polar surface area (TPSA) is 48.5 Å². The van der Waals surface area contributed by atoms with E-state index in [1.807, 2.05) is 0 Å². The lowest BCUT2D eigenvalue weighted by Gasteiger charge is -2.12. The molecule has 0 aromatic carbocycles.